The van der Waals surface area contributed by atoms with Crippen molar-refractivity contribution >= 4 is 15.8 Å². The number of ether oxygens (including phenoxy) is 2. The van der Waals surface area contributed by atoms with E-state index in [0.717, 1.165) is 6.26 Å². The minimum absolute atomic E-state index is 0.139. The molecule has 0 aliphatic heterocycles. The average molecular weight is 272 g/mol. The van der Waals surface area contributed by atoms with Crippen LogP contribution in [-0.2, 0) is 19.4 Å². The van der Waals surface area contributed by atoms with Gasteiger partial charge in [-0.2, -0.15) is 0 Å². The minimum atomic E-state index is -3.26. The van der Waals surface area contributed by atoms with Crippen molar-refractivity contribution in [3.8, 4) is 5.75 Å². The van der Waals surface area contributed by atoms with Crippen LogP contribution in [0.5, 0.6) is 5.75 Å². The van der Waals surface area contributed by atoms with Crippen LogP contribution in [0.3, 0.4) is 0 Å². The molecule has 0 saturated carbocycles. The van der Waals surface area contributed by atoms with Gasteiger partial charge in [0.15, 0.2) is 9.84 Å². The summed E-state index contributed by atoms with van der Waals surface area (Å²) in [5.74, 6) is -0.361. The molecule has 0 aliphatic rings. The number of carbonyl (C=O) groups excluding carboxylic acids is 1. The van der Waals surface area contributed by atoms with Crippen molar-refractivity contribution in [1.29, 1.82) is 0 Å². The van der Waals surface area contributed by atoms with Crippen LogP contribution >= 0.6 is 0 Å². The molecule has 5 nitrogen and oxygen atoms in total. The molecule has 1 aromatic rings. The Labute approximate surface area is 107 Å². The van der Waals surface area contributed by atoms with Crippen LogP contribution in [0.1, 0.15) is 6.92 Å². The Bertz CT molecular complexity index is 521. The summed E-state index contributed by atoms with van der Waals surface area (Å²) < 4.78 is 32.6. The summed E-state index contributed by atoms with van der Waals surface area (Å²) in [6, 6.07) is 6.15. The van der Waals surface area contributed by atoms with Crippen molar-refractivity contribution in [2.24, 2.45) is 5.92 Å². The molecule has 100 valence electrons. The summed E-state index contributed by atoms with van der Waals surface area (Å²) in [4.78, 5) is 11.3. The monoisotopic (exact) mass is 272 g/mol. The number of benzene rings is 1. The first-order valence-electron chi connectivity index (χ1n) is 5.35. The van der Waals surface area contributed by atoms with Crippen LogP contribution < -0.4 is 4.74 Å². The predicted molar refractivity (Wildman–Crippen MR) is 66.2 cm³/mol. The van der Waals surface area contributed by atoms with Crippen LogP contribution in [0.25, 0.3) is 0 Å². The summed E-state index contributed by atoms with van der Waals surface area (Å²) in [6.07, 6.45) is 1.13. The normalized spacial score (nSPS) is 12.8. The Balaban J connectivity index is 2.72. The third-order valence-electron chi connectivity index (χ3n) is 2.34. The van der Waals surface area contributed by atoms with Gasteiger partial charge in [0, 0.05) is 6.26 Å². The number of methoxy groups -OCH3 is 1. The lowest BCUT2D eigenvalue weighted by atomic mass is 10.2. The minimum Gasteiger partial charge on any atom is -0.493 e. The van der Waals surface area contributed by atoms with E-state index in [9.17, 15) is 13.2 Å². The Morgan fingerprint density at radius 1 is 1.39 bits per heavy atom. The van der Waals surface area contributed by atoms with Gasteiger partial charge in [-0.3, -0.25) is 4.79 Å². The topological polar surface area (TPSA) is 69.7 Å². The molecule has 1 atom stereocenters. The van der Waals surface area contributed by atoms with E-state index < -0.39 is 15.8 Å². The van der Waals surface area contributed by atoms with E-state index in [1.807, 2.05) is 0 Å². The van der Waals surface area contributed by atoms with E-state index >= 15 is 0 Å². The zero-order valence-corrected chi connectivity index (χ0v) is 11.4. The van der Waals surface area contributed by atoms with E-state index in [1.165, 1.54) is 19.2 Å². The molecule has 0 aromatic heterocycles. The Hall–Kier alpha value is -1.56. The van der Waals surface area contributed by atoms with Crippen LogP contribution in [0.2, 0.25) is 0 Å². The highest BCUT2D eigenvalue weighted by Crippen LogP contribution is 2.18. The zero-order chi connectivity index (χ0) is 13.8. The van der Waals surface area contributed by atoms with E-state index in [2.05, 4.69) is 4.74 Å². The lowest BCUT2D eigenvalue weighted by Crippen LogP contribution is -2.20. The molecule has 0 radical (unpaired) electrons. The van der Waals surface area contributed by atoms with Gasteiger partial charge >= 0.3 is 5.97 Å². The third-order valence-corrected chi connectivity index (χ3v) is 3.45. The number of sulfone groups is 1. The maximum absolute atomic E-state index is 11.3. The smallest absolute Gasteiger partial charge is 0.311 e. The molecule has 0 fully saturated rings. The van der Waals surface area contributed by atoms with Crippen LogP contribution in [-0.4, -0.2) is 34.4 Å². The van der Waals surface area contributed by atoms with E-state index in [1.54, 1.807) is 19.1 Å². The molecule has 0 spiro atoms. The fourth-order valence-electron chi connectivity index (χ4n) is 1.29. The fourth-order valence-corrected chi connectivity index (χ4v) is 1.94. The molecular formula is C12H16O5S. The van der Waals surface area contributed by atoms with Gasteiger partial charge in [-0.05, 0) is 25.1 Å². The summed E-state index contributed by atoms with van der Waals surface area (Å²) in [6.45, 7) is 1.81. The van der Waals surface area contributed by atoms with Gasteiger partial charge in [-0.1, -0.05) is 6.07 Å². The number of rotatable bonds is 5. The summed E-state index contributed by atoms with van der Waals surface area (Å²) in [5, 5.41) is 0. The van der Waals surface area contributed by atoms with Crippen LogP contribution in [0, 0.1) is 5.92 Å². The number of esters is 1. The third kappa shape index (κ3) is 4.03. The van der Waals surface area contributed by atoms with Crippen molar-refractivity contribution in [1.82, 2.24) is 0 Å². The zero-order valence-electron chi connectivity index (χ0n) is 10.5. The van der Waals surface area contributed by atoms with Gasteiger partial charge < -0.3 is 9.47 Å². The van der Waals surface area contributed by atoms with Gasteiger partial charge in [0.1, 0.15) is 12.4 Å². The number of hydrogen-bond donors (Lipinski definition) is 0. The first-order valence-corrected chi connectivity index (χ1v) is 7.24. The molecule has 1 aromatic carbocycles. The maximum atomic E-state index is 11.3. The van der Waals surface area contributed by atoms with Crippen LogP contribution in [0.15, 0.2) is 29.2 Å². The van der Waals surface area contributed by atoms with E-state index in [-0.39, 0.29) is 17.5 Å². The maximum Gasteiger partial charge on any atom is 0.311 e. The molecule has 18 heavy (non-hydrogen) atoms. The quantitative estimate of drug-likeness (QED) is 0.755. The molecule has 6 heteroatoms. The van der Waals surface area contributed by atoms with Crippen molar-refractivity contribution in [3.05, 3.63) is 24.3 Å². The summed E-state index contributed by atoms with van der Waals surface area (Å²) in [5.41, 5.74) is 0. The van der Waals surface area contributed by atoms with Crippen LogP contribution in [0.4, 0.5) is 0 Å². The highest BCUT2D eigenvalue weighted by Gasteiger charge is 2.14. The second-order valence-corrected chi connectivity index (χ2v) is 6.00. The Kier molecular flexibility index (Phi) is 4.72. The standard InChI is InChI=1S/C12H16O5S/c1-9(12(13)16-2)8-17-10-5-4-6-11(7-10)18(3,14)15/h4-7,9H,8H2,1-3H3. The van der Waals surface area contributed by atoms with Gasteiger partial charge in [0.2, 0.25) is 0 Å². The molecule has 1 unspecified atom stereocenters. The van der Waals surface area contributed by atoms with Crippen molar-refractivity contribution in [3.63, 3.8) is 0 Å². The highest BCUT2D eigenvalue weighted by atomic mass is 32.2. The second kappa shape index (κ2) is 5.86. The second-order valence-electron chi connectivity index (χ2n) is 3.98. The lowest BCUT2D eigenvalue weighted by Gasteiger charge is -2.11. The molecular weight excluding hydrogens is 256 g/mol. The number of hydrogen-bond acceptors (Lipinski definition) is 5. The first kappa shape index (κ1) is 14.5. The lowest BCUT2D eigenvalue weighted by molar-refractivity contribution is -0.145. The van der Waals surface area contributed by atoms with E-state index in [4.69, 9.17) is 4.74 Å². The van der Waals surface area contributed by atoms with Gasteiger partial charge in [0.25, 0.3) is 0 Å². The highest BCUT2D eigenvalue weighted by molar-refractivity contribution is 7.90. The SMILES string of the molecule is COC(=O)C(C)COc1cccc(S(C)(=O)=O)c1. The molecule has 0 amide bonds. The molecule has 0 N–H and O–H groups in total. The Morgan fingerprint density at radius 3 is 2.61 bits per heavy atom. The molecule has 0 heterocycles. The van der Waals surface area contributed by atoms with Crippen molar-refractivity contribution < 1.29 is 22.7 Å². The summed E-state index contributed by atoms with van der Waals surface area (Å²) >= 11 is 0. The molecule has 0 saturated heterocycles. The predicted octanol–water partition coefficient (Wildman–Crippen LogP) is 1.28. The van der Waals surface area contributed by atoms with Crippen molar-refractivity contribution in [2.45, 2.75) is 11.8 Å². The van der Waals surface area contributed by atoms with E-state index in [0.29, 0.717) is 5.75 Å². The Morgan fingerprint density at radius 2 is 2.06 bits per heavy atom. The molecule has 1 rings (SSSR count). The summed E-state index contributed by atoms with van der Waals surface area (Å²) in [7, 11) is -1.95. The van der Waals surface area contributed by atoms with Gasteiger partial charge in [-0.25, -0.2) is 8.42 Å². The average Bonchev–Trinajstić information content (AvgIpc) is 2.34. The van der Waals surface area contributed by atoms with Crippen molar-refractivity contribution in [2.75, 3.05) is 20.0 Å². The van der Waals surface area contributed by atoms with Gasteiger partial charge in [0.05, 0.1) is 17.9 Å². The largest absolute Gasteiger partial charge is 0.493 e. The molecule has 0 aliphatic carbocycles. The number of carbonyl (C=O) groups is 1. The fraction of sp³-hybridized carbons (Fsp3) is 0.417. The van der Waals surface area contributed by atoms with Gasteiger partial charge in [-0.15, -0.1) is 0 Å². The molecule has 0 bridgehead atoms. The first-order chi connectivity index (χ1) is 8.34.